The molecule has 0 aromatic heterocycles. The van der Waals surface area contributed by atoms with Crippen molar-refractivity contribution in [3.8, 4) is 0 Å². The van der Waals surface area contributed by atoms with Crippen molar-refractivity contribution in [2.45, 2.75) is 26.2 Å². The van der Waals surface area contributed by atoms with Crippen LogP contribution < -0.4 is 11.3 Å². The van der Waals surface area contributed by atoms with Gasteiger partial charge in [-0.25, -0.2) is 0 Å². The lowest BCUT2D eigenvalue weighted by Crippen LogP contribution is -2.38. The van der Waals surface area contributed by atoms with Crippen LogP contribution in [0.4, 0.5) is 5.69 Å². The van der Waals surface area contributed by atoms with Crippen molar-refractivity contribution in [3.05, 3.63) is 29.8 Å². The van der Waals surface area contributed by atoms with E-state index < -0.39 is 0 Å². The van der Waals surface area contributed by atoms with Crippen molar-refractivity contribution in [1.82, 2.24) is 4.90 Å². The molecule has 1 saturated heterocycles. The second-order valence-corrected chi connectivity index (χ2v) is 4.87. The molecule has 0 bridgehead atoms. The number of carbonyl (C=O) groups excluding carboxylic acids is 1. The zero-order chi connectivity index (χ0) is 13.0. The van der Waals surface area contributed by atoms with Crippen molar-refractivity contribution in [2.24, 2.45) is 11.8 Å². The molecule has 0 unspecified atom stereocenters. The molecule has 0 radical (unpaired) electrons. The highest BCUT2D eigenvalue weighted by Crippen LogP contribution is 2.21. The molecule has 98 valence electrons. The third-order valence-electron chi connectivity index (χ3n) is 3.78. The van der Waals surface area contributed by atoms with Gasteiger partial charge in [0.05, 0.1) is 0 Å². The molecule has 0 aliphatic carbocycles. The first-order valence-corrected chi connectivity index (χ1v) is 6.60. The number of hydrogen-bond donors (Lipinski definition) is 2. The van der Waals surface area contributed by atoms with Crippen LogP contribution in [0.2, 0.25) is 0 Å². The van der Waals surface area contributed by atoms with Gasteiger partial charge in [-0.15, -0.1) is 0 Å². The number of nitrogens with one attached hydrogen (secondary N) is 1. The summed E-state index contributed by atoms with van der Waals surface area (Å²) in [6.45, 7) is 3.99. The normalized spacial score (nSPS) is 16.7. The fourth-order valence-corrected chi connectivity index (χ4v) is 2.44. The van der Waals surface area contributed by atoms with Gasteiger partial charge in [-0.3, -0.25) is 10.6 Å². The second kappa shape index (κ2) is 5.87. The lowest BCUT2D eigenvalue weighted by Gasteiger charge is -2.31. The molecule has 1 heterocycles. The molecule has 1 aromatic carbocycles. The summed E-state index contributed by atoms with van der Waals surface area (Å²) in [4.78, 5) is 14.2. The van der Waals surface area contributed by atoms with E-state index >= 15 is 0 Å². The molecule has 0 spiro atoms. The Bertz CT molecular complexity index is 394. The van der Waals surface area contributed by atoms with E-state index in [0.717, 1.165) is 43.1 Å². The number of anilines is 1. The largest absolute Gasteiger partial charge is 0.339 e. The number of carbonyl (C=O) groups is 1. The van der Waals surface area contributed by atoms with E-state index in [2.05, 4.69) is 12.3 Å². The summed E-state index contributed by atoms with van der Waals surface area (Å²) >= 11 is 0. The first-order valence-electron chi connectivity index (χ1n) is 6.60. The lowest BCUT2D eigenvalue weighted by atomic mass is 9.94. The fraction of sp³-hybridized carbons (Fsp3) is 0.500. The number of hydrazine groups is 1. The third kappa shape index (κ3) is 2.82. The molecular weight excluding hydrogens is 226 g/mol. The number of piperidine rings is 1. The maximum absolute atomic E-state index is 12.3. The van der Waals surface area contributed by atoms with Crippen molar-refractivity contribution in [1.29, 1.82) is 0 Å². The number of nitrogen functional groups attached to an aromatic ring is 1. The molecule has 0 atom stereocenters. The van der Waals surface area contributed by atoms with Gasteiger partial charge in [0.1, 0.15) is 0 Å². The number of benzene rings is 1. The predicted octanol–water partition coefficient (Wildman–Crippen LogP) is 2.23. The van der Waals surface area contributed by atoms with Gasteiger partial charge in [0, 0.05) is 24.3 Å². The summed E-state index contributed by atoms with van der Waals surface area (Å²) in [6.07, 6.45) is 3.48. The Labute approximate surface area is 108 Å². The molecule has 18 heavy (non-hydrogen) atoms. The van der Waals surface area contributed by atoms with Gasteiger partial charge in [-0.1, -0.05) is 13.3 Å². The average Bonchev–Trinajstić information content (AvgIpc) is 2.47. The monoisotopic (exact) mass is 247 g/mol. The number of nitrogens with zero attached hydrogens (tertiary/aromatic N) is 1. The maximum Gasteiger partial charge on any atom is 0.253 e. The number of hydrogen-bond acceptors (Lipinski definition) is 3. The second-order valence-electron chi connectivity index (χ2n) is 4.87. The molecule has 1 fully saturated rings. The van der Waals surface area contributed by atoms with Crippen LogP contribution in [-0.2, 0) is 0 Å². The third-order valence-corrected chi connectivity index (χ3v) is 3.78. The van der Waals surface area contributed by atoms with Gasteiger partial charge >= 0.3 is 0 Å². The van der Waals surface area contributed by atoms with Crippen molar-refractivity contribution in [3.63, 3.8) is 0 Å². The van der Waals surface area contributed by atoms with Crippen LogP contribution in [0.15, 0.2) is 24.3 Å². The number of amides is 1. The molecular formula is C14H21N3O. The number of rotatable bonds is 3. The van der Waals surface area contributed by atoms with E-state index in [1.165, 1.54) is 6.42 Å². The SMILES string of the molecule is CCC1CCN(C(=O)c2ccc(NN)cc2)CC1. The zero-order valence-corrected chi connectivity index (χ0v) is 10.9. The predicted molar refractivity (Wildman–Crippen MR) is 73.2 cm³/mol. The van der Waals surface area contributed by atoms with Gasteiger partial charge < -0.3 is 10.3 Å². The molecule has 1 aromatic rings. The van der Waals surface area contributed by atoms with E-state index in [1.807, 2.05) is 29.2 Å². The molecule has 1 amide bonds. The minimum atomic E-state index is 0.133. The van der Waals surface area contributed by atoms with Crippen LogP contribution in [-0.4, -0.2) is 23.9 Å². The Morgan fingerprint density at radius 3 is 2.44 bits per heavy atom. The van der Waals surface area contributed by atoms with Gasteiger partial charge in [-0.2, -0.15) is 0 Å². The molecule has 1 aliphatic heterocycles. The van der Waals surface area contributed by atoms with Crippen molar-refractivity contribution < 1.29 is 4.79 Å². The molecule has 3 N–H and O–H groups in total. The topological polar surface area (TPSA) is 58.4 Å². The van der Waals surface area contributed by atoms with E-state index in [0.29, 0.717) is 0 Å². The molecule has 0 saturated carbocycles. The number of nitrogens with two attached hydrogens (primary N) is 1. The smallest absolute Gasteiger partial charge is 0.253 e. The summed E-state index contributed by atoms with van der Waals surface area (Å²) in [6, 6.07) is 7.30. The van der Waals surface area contributed by atoms with Crippen molar-refractivity contribution >= 4 is 11.6 Å². The lowest BCUT2D eigenvalue weighted by molar-refractivity contribution is 0.0689. The van der Waals surface area contributed by atoms with Gasteiger partial charge in [0.15, 0.2) is 0 Å². The van der Waals surface area contributed by atoms with Gasteiger partial charge in [-0.05, 0) is 43.0 Å². The molecule has 1 aliphatic rings. The van der Waals surface area contributed by atoms with E-state index in [4.69, 9.17) is 5.84 Å². The molecule has 4 heteroatoms. The Morgan fingerprint density at radius 2 is 1.94 bits per heavy atom. The van der Waals surface area contributed by atoms with Crippen LogP contribution in [0, 0.1) is 5.92 Å². The van der Waals surface area contributed by atoms with Crippen LogP contribution in [0.5, 0.6) is 0 Å². The van der Waals surface area contributed by atoms with Crippen LogP contribution >= 0.6 is 0 Å². The van der Waals surface area contributed by atoms with Crippen LogP contribution in [0.3, 0.4) is 0 Å². The average molecular weight is 247 g/mol. The summed E-state index contributed by atoms with van der Waals surface area (Å²) in [5.74, 6) is 6.23. The summed E-state index contributed by atoms with van der Waals surface area (Å²) in [7, 11) is 0. The maximum atomic E-state index is 12.3. The molecule has 4 nitrogen and oxygen atoms in total. The standard InChI is InChI=1S/C14H21N3O/c1-2-11-7-9-17(10-8-11)14(18)12-3-5-13(16-15)6-4-12/h3-6,11,16H,2,7-10,15H2,1H3. The Hall–Kier alpha value is -1.55. The number of likely N-dealkylation sites (tertiary alicyclic amines) is 1. The van der Waals surface area contributed by atoms with E-state index in [1.54, 1.807) is 0 Å². The van der Waals surface area contributed by atoms with E-state index in [-0.39, 0.29) is 5.91 Å². The minimum Gasteiger partial charge on any atom is -0.339 e. The molecule has 2 rings (SSSR count). The minimum absolute atomic E-state index is 0.133. The van der Waals surface area contributed by atoms with Crippen LogP contribution in [0.1, 0.15) is 36.5 Å². The highest BCUT2D eigenvalue weighted by Gasteiger charge is 2.22. The zero-order valence-electron chi connectivity index (χ0n) is 10.9. The summed E-state index contributed by atoms with van der Waals surface area (Å²) < 4.78 is 0. The fourth-order valence-electron chi connectivity index (χ4n) is 2.44. The highest BCUT2D eigenvalue weighted by atomic mass is 16.2. The first-order chi connectivity index (χ1) is 8.74. The van der Waals surface area contributed by atoms with Crippen molar-refractivity contribution in [2.75, 3.05) is 18.5 Å². The van der Waals surface area contributed by atoms with E-state index in [9.17, 15) is 4.79 Å². The van der Waals surface area contributed by atoms with Crippen LogP contribution in [0.25, 0.3) is 0 Å². The first kappa shape index (κ1) is 12.9. The summed E-state index contributed by atoms with van der Waals surface area (Å²) in [5.41, 5.74) is 4.12. The Balaban J connectivity index is 1.98. The highest BCUT2D eigenvalue weighted by molar-refractivity contribution is 5.94. The van der Waals surface area contributed by atoms with Gasteiger partial charge in [0.2, 0.25) is 0 Å². The van der Waals surface area contributed by atoms with Gasteiger partial charge in [0.25, 0.3) is 5.91 Å². The Kier molecular flexibility index (Phi) is 4.20. The Morgan fingerprint density at radius 1 is 1.33 bits per heavy atom. The quantitative estimate of drug-likeness (QED) is 0.636. The summed E-state index contributed by atoms with van der Waals surface area (Å²) in [5, 5.41) is 0.